The highest BCUT2D eigenvalue weighted by Crippen LogP contribution is 2.33. The quantitative estimate of drug-likeness (QED) is 0.784. The first-order valence-corrected chi connectivity index (χ1v) is 6.36. The number of nitrogens with zero attached hydrogens (tertiary/aromatic N) is 3. The van der Waals surface area contributed by atoms with Gasteiger partial charge in [-0.15, -0.1) is 0 Å². The summed E-state index contributed by atoms with van der Waals surface area (Å²) in [5.41, 5.74) is 3.52. The van der Waals surface area contributed by atoms with E-state index in [2.05, 4.69) is 23.0 Å². The average molecular weight is 253 g/mol. The molecule has 1 aliphatic heterocycles. The van der Waals surface area contributed by atoms with Gasteiger partial charge in [0.2, 0.25) is 0 Å². The van der Waals surface area contributed by atoms with Gasteiger partial charge >= 0.3 is 0 Å². The molecule has 1 aromatic carbocycles. The van der Waals surface area contributed by atoms with E-state index in [-0.39, 0.29) is 11.9 Å². The predicted molar refractivity (Wildman–Crippen MR) is 73.2 cm³/mol. The Bertz CT molecular complexity index is 639. The van der Waals surface area contributed by atoms with E-state index >= 15 is 0 Å². The van der Waals surface area contributed by atoms with Crippen LogP contribution in [0.3, 0.4) is 0 Å². The smallest absolute Gasteiger partial charge is 0.261 e. The monoisotopic (exact) mass is 253 g/mol. The van der Waals surface area contributed by atoms with Crippen LogP contribution in [0.25, 0.3) is 0 Å². The molecule has 4 nitrogen and oxygen atoms in total. The van der Waals surface area contributed by atoms with Crippen molar-refractivity contribution in [3.63, 3.8) is 0 Å². The van der Waals surface area contributed by atoms with Crippen LogP contribution in [0, 0.1) is 6.92 Å². The van der Waals surface area contributed by atoms with E-state index in [4.69, 9.17) is 0 Å². The summed E-state index contributed by atoms with van der Waals surface area (Å²) in [6, 6.07) is 8.22. The number of para-hydroxylation sites is 1. The molecule has 1 aliphatic rings. The Labute approximate surface area is 112 Å². The molecule has 0 radical (unpaired) electrons. The number of anilines is 1. The lowest BCUT2D eigenvalue weighted by atomic mass is 10.1. The minimum atomic E-state index is -0.0180. The fraction of sp³-hybridized carbons (Fsp3) is 0.267. The molecule has 0 spiro atoms. The number of aryl methyl sites for hydroxylation is 1. The van der Waals surface area contributed by atoms with Crippen LogP contribution in [0.5, 0.6) is 0 Å². The van der Waals surface area contributed by atoms with E-state index in [0.29, 0.717) is 5.56 Å². The molecule has 1 amide bonds. The van der Waals surface area contributed by atoms with E-state index in [1.54, 1.807) is 6.20 Å². The SMILES string of the molecule is Cc1ncncc1C(=O)N1c2ccccc2CC1C. The molecule has 2 heterocycles. The van der Waals surface area contributed by atoms with Crippen LogP contribution in [0.4, 0.5) is 5.69 Å². The van der Waals surface area contributed by atoms with E-state index in [1.807, 2.05) is 30.0 Å². The minimum absolute atomic E-state index is 0.0180. The third-order valence-corrected chi connectivity index (χ3v) is 3.57. The molecule has 3 rings (SSSR count). The fourth-order valence-electron chi connectivity index (χ4n) is 2.61. The molecule has 0 N–H and O–H groups in total. The van der Waals surface area contributed by atoms with E-state index in [0.717, 1.165) is 17.8 Å². The summed E-state index contributed by atoms with van der Waals surface area (Å²) >= 11 is 0. The van der Waals surface area contributed by atoms with Crippen LogP contribution in [0.2, 0.25) is 0 Å². The zero-order valence-electron chi connectivity index (χ0n) is 11.0. The Hall–Kier alpha value is -2.23. The van der Waals surface area contributed by atoms with Crippen LogP contribution in [0.1, 0.15) is 28.5 Å². The summed E-state index contributed by atoms with van der Waals surface area (Å²) in [4.78, 5) is 22.6. The Morgan fingerprint density at radius 3 is 2.95 bits per heavy atom. The second kappa shape index (κ2) is 4.46. The molecule has 0 fully saturated rings. The topological polar surface area (TPSA) is 46.1 Å². The predicted octanol–water partition coefficient (Wildman–Crippen LogP) is 2.38. The second-order valence-corrected chi connectivity index (χ2v) is 4.88. The number of aromatic nitrogens is 2. The highest BCUT2D eigenvalue weighted by atomic mass is 16.2. The molecule has 96 valence electrons. The lowest BCUT2D eigenvalue weighted by Gasteiger charge is -2.23. The highest BCUT2D eigenvalue weighted by molar-refractivity contribution is 6.08. The Morgan fingerprint density at radius 2 is 2.16 bits per heavy atom. The summed E-state index contributed by atoms with van der Waals surface area (Å²) < 4.78 is 0. The summed E-state index contributed by atoms with van der Waals surface area (Å²) in [6.07, 6.45) is 3.96. The first-order valence-electron chi connectivity index (χ1n) is 6.36. The largest absolute Gasteiger partial charge is 0.305 e. The van der Waals surface area contributed by atoms with Crippen molar-refractivity contribution in [1.82, 2.24) is 9.97 Å². The third-order valence-electron chi connectivity index (χ3n) is 3.57. The Balaban J connectivity index is 2.03. The van der Waals surface area contributed by atoms with Gasteiger partial charge in [0.25, 0.3) is 5.91 Å². The van der Waals surface area contributed by atoms with Gasteiger partial charge in [0, 0.05) is 17.9 Å². The Morgan fingerprint density at radius 1 is 1.37 bits per heavy atom. The molecular weight excluding hydrogens is 238 g/mol. The van der Waals surface area contributed by atoms with Gasteiger partial charge in [0.1, 0.15) is 6.33 Å². The van der Waals surface area contributed by atoms with Crippen LogP contribution in [0.15, 0.2) is 36.8 Å². The van der Waals surface area contributed by atoms with Crippen LogP contribution in [-0.2, 0) is 6.42 Å². The fourth-order valence-corrected chi connectivity index (χ4v) is 2.61. The third kappa shape index (κ3) is 1.89. The zero-order chi connectivity index (χ0) is 13.4. The molecule has 19 heavy (non-hydrogen) atoms. The molecule has 1 aromatic heterocycles. The number of carbonyl (C=O) groups is 1. The molecule has 0 saturated carbocycles. The minimum Gasteiger partial charge on any atom is -0.305 e. The maximum Gasteiger partial charge on any atom is 0.261 e. The number of benzene rings is 1. The molecule has 1 atom stereocenters. The molecule has 0 saturated heterocycles. The van der Waals surface area contributed by atoms with Crippen molar-refractivity contribution in [2.45, 2.75) is 26.3 Å². The van der Waals surface area contributed by atoms with Crippen LogP contribution >= 0.6 is 0 Å². The number of fused-ring (bicyclic) bond motifs is 1. The van der Waals surface area contributed by atoms with Gasteiger partial charge < -0.3 is 4.90 Å². The second-order valence-electron chi connectivity index (χ2n) is 4.88. The first kappa shape index (κ1) is 11.8. The van der Waals surface area contributed by atoms with Gasteiger partial charge in [-0.1, -0.05) is 18.2 Å². The molecule has 4 heteroatoms. The van der Waals surface area contributed by atoms with E-state index < -0.39 is 0 Å². The molecule has 2 aromatic rings. The standard InChI is InChI=1S/C15H15N3O/c1-10-7-12-5-3-4-6-14(12)18(10)15(19)13-8-16-9-17-11(13)2/h3-6,8-10H,7H2,1-2H3. The van der Waals surface area contributed by atoms with Gasteiger partial charge in [-0.3, -0.25) is 4.79 Å². The van der Waals surface area contributed by atoms with Crippen molar-refractivity contribution < 1.29 is 4.79 Å². The van der Waals surface area contributed by atoms with Crippen molar-refractivity contribution in [2.24, 2.45) is 0 Å². The van der Waals surface area contributed by atoms with Crippen molar-refractivity contribution in [3.8, 4) is 0 Å². The maximum absolute atomic E-state index is 12.7. The lowest BCUT2D eigenvalue weighted by Crippen LogP contribution is -2.36. The number of hydrogen-bond acceptors (Lipinski definition) is 3. The number of hydrogen-bond donors (Lipinski definition) is 0. The van der Waals surface area contributed by atoms with Gasteiger partial charge in [-0.05, 0) is 31.9 Å². The number of amides is 1. The van der Waals surface area contributed by atoms with Crippen molar-refractivity contribution in [2.75, 3.05) is 4.90 Å². The average Bonchev–Trinajstić information content (AvgIpc) is 2.74. The van der Waals surface area contributed by atoms with Crippen molar-refractivity contribution >= 4 is 11.6 Å². The summed E-state index contributed by atoms with van der Waals surface area (Å²) in [5.74, 6) is -0.0180. The van der Waals surface area contributed by atoms with E-state index in [9.17, 15) is 4.79 Å². The van der Waals surface area contributed by atoms with Gasteiger partial charge in [0.05, 0.1) is 11.3 Å². The summed E-state index contributed by atoms with van der Waals surface area (Å²) in [6.45, 7) is 3.90. The number of carbonyl (C=O) groups excluding carboxylic acids is 1. The zero-order valence-corrected chi connectivity index (χ0v) is 11.0. The maximum atomic E-state index is 12.7. The summed E-state index contributed by atoms with van der Waals surface area (Å²) in [7, 11) is 0. The highest BCUT2D eigenvalue weighted by Gasteiger charge is 2.31. The molecule has 0 bridgehead atoms. The van der Waals surface area contributed by atoms with Gasteiger partial charge in [-0.25, -0.2) is 9.97 Å². The first-order chi connectivity index (χ1) is 9.18. The molecule has 0 aliphatic carbocycles. The molecular formula is C15H15N3O. The van der Waals surface area contributed by atoms with Gasteiger partial charge in [-0.2, -0.15) is 0 Å². The molecule has 1 unspecified atom stereocenters. The lowest BCUT2D eigenvalue weighted by molar-refractivity contribution is 0.0980. The van der Waals surface area contributed by atoms with Crippen LogP contribution in [-0.4, -0.2) is 21.9 Å². The van der Waals surface area contributed by atoms with E-state index in [1.165, 1.54) is 11.9 Å². The number of rotatable bonds is 1. The van der Waals surface area contributed by atoms with Crippen LogP contribution < -0.4 is 4.90 Å². The van der Waals surface area contributed by atoms with Gasteiger partial charge in [0.15, 0.2) is 0 Å². The summed E-state index contributed by atoms with van der Waals surface area (Å²) in [5, 5.41) is 0. The Kier molecular flexibility index (Phi) is 2.78. The normalized spacial score (nSPS) is 17.4. The van der Waals surface area contributed by atoms with Crippen molar-refractivity contribution in [1.29, 1.82) is 0 Å². The van der Waals surface area contributed by atoms with Crippen molar-refractivity contribution in [3.05, 3.63) is 53.6 Å².